The summed E-state index contributed by atoms with van der Waals surface area (Å²) in [6.45, 7) is 0. The molecule has 2 aromatic carbocycles. The van der Waals surface area contributed by atoms with Crippen LogP contribution in [0.2, 0.25) is 0 Å². The van der Waals surface area contributed by atoms with Crippen LogP contribution < -0.4 is 0 Å². The minimum Gasteiger partial charge on any atom is -0.211 e. The van der Waals surface area contributed by atoms with Crippen LogP contribution in [0, 0.1) is 0 Å². The molecule has 0 atom stereocenters. The van der Waals surface area contributed by atoms with Gasteiger partial charge in [0.05, 0.1) is 5.69 Å². The van der Waals surface area contributed by atoms with Gasteiger partial charge in [-0.3, -0.25) is 0 Å². The van der Waals surface area contributed by atoms with Crippen molar-refractivity contribution >= 4 is 11.8 Å². The van der Waals surface area contributed by atoms with Gasteiger partial charge in [-0.15, -0.1) is 0 Å². The Balaban J connectivity index is 2.27. The zero-order valence-corrected chi connectivity index (χ0v) is 8.60. The van der Waals surface area contributed by atoms with Gasteiger partial charge in [-0.05, 0) is 28.3 Å². The van der Waals surface area contributed by atoms with Crippen LogP contribution in [-0.2, 0) is 11.2 Å². The fourth-order valence-electron chi connectivity index (χ4n) is 2.29. The zero-order valence-electron chi connectivity index (χ0n) is 8.60. The fourth-order valence-corrected chi connectivity index (χ4v) is 2.29. The molecule has 16 heavy (non-hydrogen) atoms. The molecule has 3 rings (SSSR count). The van der Waals surface area contributed by atoms with Crippen LogP contribution in [0.1, 0.15) is 11.1 Å². The maximum absolute atomic E-state index is 10.4. The molecule has 0 aliphatic heterocycles. The van der Waals surface area contributed by atoms with E-state index in [1.807, 2.05) is 24.3 Å². The molecular weight excluding hydrogens is 198 g/mol. The lowest BCUT2D eigenvalue weighted by molar-refractivity contribution is 0.565. The second-order valence-electron chi connectivity index (χ2n) is 3.84. The Bertz CT molecular complexity index is 610. The molecule has 0 aromatic heterocycles. The lowest BCUT2D eigenvalue weighted by Crippen LogP contribution is -1.80. The number of nitrogens with zero attached hydrogens (tertiary/aromatic N) is 1. The molecule has 0 heterocycles. The van der Waals surface area contributed by atoms with Gasteiger partial charge in [0.2, 0.25) is 6.08 Å². The van der Waals surface area contributed by atoms with Gasteiger partial charge in [0.1, 0.15) is 0 Å². The van der Waals surface area contributed by atoms with Crippen LogP contribution in [0.4, 0.5) is 5.69 Å². The third-order valence-corrected chi connectivity index (χ3v) is 2.99. The van der Waals surface area contributed by atoms with Crippen molar-refractivity contribution in [3.05, 3.63) is 53.6 Å². The summed E-state index contributed by atoms with van der Waals surface area (Å²) in [6, 6.07) is 14.1. The summed E-state index contributed by atoms with van der Waals surface area (Å²) in [5, 5.41) is 0. The smallest absolute Gasteiger partial charge is 0.211 e. The van der Waals surface area contributed by atoms with Crippen molar-refractivity contribution < 1.29 is 4.79 Å². The van der Waals surface area contributed by atoms with Gasteiger partial charge in [-0.2, -0.15) is 4.99 Å². The summed E-state index contributed by atoms with van der Waals surface area (Å²) in [7, 11) is 0. The molecule has 0 N–H and O–H groups in total. The largest absolute Gasteiger partial charge is 0.240 e. The van der Waals surface area contributed by atoms with Crippen LogP contribution in [0.3, 0.4) is 0 Å². The molecule has 0 amide bonds. The van der Waals surface area contributed by atoms with Crippen LogP contribution >= 0.6 is 0 Å². The molecule has 2 aromatic rings. The van der Waals surface area contributed by atoms with Crippen molar-refractivity contribution in [1.82, 2.24) is 0 Å². The molecule has 0 saturated heterocycles. The Morgan fingerprint density at radius 1 is 1.00 bits per heavy atom. The SMILES string of the molecule is O=C=Nc1cccc2c1Cc1ccccc1-2. The number of aliphatic imine (C=N–C) groups is 1. The van der Waals surface area contributed by atoms with Crippen molar-refractivity contribution in [2.75, 3.05) is 0 Å². The highest BCUT2D eigenvalue weighted by atomic mass is 16.1. The van der Waals surface area contributed by atoms with Gasteiger partial charge < -0.3 is 0 Å². The van der Waals surface area contributed by atoms with Gasteiger partial charge in [-0.25, -0.2) is 4.79 Å². The molecule has 1 aliphatic carbocycles. The van der Waals surface area contributed by atoms with E-state index in [0.29, 0.717) is 0 Å². The van der Waals surface area contributed by atoms with Gasteiger partial charge in [0.15, 0.2) is 0 Å². The van der Waals surface area contributed by atoms with Crippen molar-refractivity contribution in [3.8, 4) is 11.1 Å². The average Bonchev–Trinajstić information content (AvgIpc) is 2.69. The number of benzene rings is 2. The molecule has 0 radical (unpaired) electrons. The lowest BCUT2D eigenvalue weighted by Gasteiger charge is -2.01. The highest BCUT2D eigenvalue weighted by Crippen LogP contribution is 2.40. The molecule has 76 valence electrons. The first kappa shape index (κ1) is 9.08. The molecule has 0 spiro atoms. The van der Waals surface area contributed by atoms with Crippen LogP contribution in [0.15, 0.2) is 47.5 Å². The highest BCUT2D eigenvalue weighted by molar-refractivity contribution is 5.81. The van der Waals surface area contributed by atoms with E-state index in [-0.39, 0.29) is 0 Å². The van der Waals surface area contributed by atoms with E-state index < -0.39 is 0 Å². The number of rotatable bonds is 1. The van der Waals surface area contributed by atoms with Gasteiger partial charge >= 0.3 is 0 Å². The second kappa shape index (κ2) is 3.44. The van der Waals surface area contributed by atoms with Crippen LogP contribution in [0.5, 0.6) is 0 Å². The van der Waals surface area contributed by atoms with E-state index in [1.54, 1.807) is 6.08 Å². The molecule has 1 aliphatic rings. The summed E-state index contributed by atoms with van der Waals surface area (Å²) in [4.78, 5) is 14.1. The first-order valence-corrected chi connectivity index (χ1v) is 5.18. The molecule has 2 heteroatoms. The maximum atomic E-state index is 10.4. The van der Waals surface area contributed by atoms with E-state index in [9.17, 15) is 4.79 Å². The zero-order chi connectivity index (χ0) is 11.0. The van der Waals surface area contributed by atoms with E-state index in [1.165, 1.54) is 16.7 Å². The van der Waals surface area contributed by atoms with E-state index in [4.69, 9.17) is 0 Å². The molecular formula is C14H9NO. The predicted molar refractivity (Wildman–Crippen MR) is 62.5 cm³/mol. The minimum absolute atomic E-state index is 0.740. The molecule has 0 saturated carbocycles. The Morgan fingerprint density at radius 2 is 1.81 bits per heavy atom. The van der Waals surface area contributed by atoms with Crippen molar-refractivity contribution in [3.63, 3.8) is 0 Å². The summed E-state index contributed by atoms with van der Waals surface area (Å²) in [5.74, 6) is 0. The summed E-state index contributed by atoms with van der Waals surface area (Å²) < 4.78 is 0. The summed E-state index contributed by atoms with van der Waals surface area (Å²) in [6.07, 6.45) is 2.47. The second-order valence-corrected chi connectivity index (χ2v) is 3.84. The average molecular weight is 207 g/mol. The number of carbonyl (C=O) groups excluding carboxylic acids is 1. The van der Waals surface area contributed by atoms with E-state index >= 15 is 0 Å². The van der Waals surface area contributed by atoms with Gasteiger partial charge in [-0.1, -0.05) is 36.4 Å². The monoisotopic (exact) mass is 207 g/mol. The van der Waals surface area contributed by atoms with E-state index in [0.717, 1.165) is 17.7 Å². The van der Waals surface area contributed by atoms with Crippen molar-refractivity contribution in [1.29, 1.82) is 0 Å². The van der Waals surface area contributed by atoms with Gasteiger partial charge in [0.25, 0.3) is 0 Å². The predicted octanol–water partition coefficient (Wildman–Crippen LogP) is 3.23. The normalized spacial score (nSPS) is 11.5. The first-order valence-electron chi connectivity index (χ1n) is 5.18. The molecule has 2 nitrogen and oxygen atoms in total. The standard InChI is InChI=1S/C14H9NO/c16-9-15-14-7-3-6-12-11-5-2-1-4-10(11)8-13(12)14/h1-7H,8H2. The maximum Gasteiger partial charge on any atom is 0.240 e. The first-order chi connectivity index (χ1) is 7.90. The van der Waals surface area contributed by atoms with Gasteiger partial charge in [0, 0.05) is 6.42 Å². The van der Waals surface area contributed by atoms with E-state index in [2.05, 4.69) is 23.2 Å². The number of hydrogen-bond acceptors (Lipinski definition) is 2. The number of hydrogen-bond donors (Lipinski definition) is 0. The molecule has 0 bridgehead atoms. The van der Waals surface area contributed by atoms with Crippen LogP contribution in [0.25, 0.3) is 11.1 Å². The van der Waals surface area contributed by atoms with Crippen molar-refractivity contribution in [2.45, 2.75) is 6.42 Å². The highest BCUT2D eigenvalue weighted by Gasteiger charge is 2.19. The minimum atomic E-state index is 0.740. The summed E-state index contributed by atoms with van der Waals surface area (Å²) >= 11 is 0. The Labute approximate surface area is 93.3 Å². The third kappa shape index (κ3) is 1.21. The third-order valence-electron chi connectivity index (χ3n) is 2.99. The Hall–Kier alpha value is -2.18. The molecule has 0 fully saturated rings. The van der Waals surface area contributed by atoms with Crippen molar-refractivity contribution in [2.24, 2.45) is 4.99 Å². The number of isocyanates is 1. The fraction of sp³-hybridized carbons (Fsp3) is 0.0714. The summed E-state index contributed by atoms with van der Waals surface area (Å²) in [5.41, 5.74) is 5.61. The van der Waals surface area contributed by atoms with Crippen LogP contribution in [-0.4, -0.2) is 6.08 Å². The molecule has 0 unspecified atom stereocenters. The topological polar surface area (TPSA) is 29.4 Å². The Kier molecular flexibility index (Phi) is 1.95. The Morgan fingerprint density at radius 3 is 2.69 bits per heavy atom. The number of fused-ring (bicyclic) bond motifs is 3. The lowest BCUT2D eigenvalue weighted by atomic mass is 10.1. The quantitative estimate of drug-likeness (QED) is 0.445.